The van der Waals surface area contributed by atoms with Gasteiger partial charge in [0.1, 0.15) is 6.10 Å². The molecule has 1 aliphatic heterocycles. The van der Waals surface area contributed by atoms with Gasteiger partial charge in [0.2, 0.25) is 0 Å². The smallest absolute Gasteiger partial charge is 0.332 e. The van der Waals surface area contributed by atoms with Gasteiger partial charge in [-0.15, -0.1) is 0 Å². The van der Waals surface area contributed by atoms with Crippen LogP contribution in [-0.4, -0.2) is 41.7 Å². The number of hydrogen-bond donors (Lipinski definition) is 3. The van der Waals surface area contributed by atoms with E-state index in [0.29, 0.717) is 0 Å². The molecule has 5 nitrogen and oxygen atoms in total. The van der Waals surface area contributed by atoms with Crippen LogP contribution in [0.15, 0.2) is 4.99 Å². The van der Waals surface area contributed by atoms with Gasteiger partial charge in [-0.25, -0.2) is 4.79 Å². The van der Waals surface area contributed by atoms with Gasteiger partial charge in [0.15, 0.2) is 0 Å². The van der Waals surface area contributed by atoms with Crippen LogP contribution in [0.2, 0.25) is 0 Å². The second-order valence-corrected chi connectivity index (χ2v) is 2.00. The largest absolute Gasteiger partial charge is 0.479 e. The van der Waals surface area contributed by atoms with E-state index in [2.05, 4.69) is 10.3 Å². The van der Waals surface area contributed by atoms with Crippen LogP contribution in [0, 0.1) is 0 Å². The van der Waals surface area contributed by atoms with E-state index in [0.717, 1.165) is 13.1 Å². The summed E-state index contributed by atoms with van der Waals surface area (Å²) >= 11 is 0. The van der Waals surface area contributed by atoms with E-state index in [9.17, 15) is 4.79 Å². The van der Waals surface area contributed by atoms with Crippen LogP contribution in [0.1, 0.15) is 6.92 Å². The number of aliphatic hydroxyl groups is 1. The molecule has 0 radical (unpaired) electrons. The van der Waals surface area contributed by atoms with Crippen molar-refractivity contribution in [3.8, 4) is 0 Å². The standard InChI is InChI=1S/C3H6N2.C3H6O3/c1-2-5-3-4-1;1-2(4)3(5)6/h3H,1-2H2,(H,4,5);2,4H,1H3,(H,5,6). The number of nitrogens with zero attached hydrogens (tertiary/aromatic N) is 1. The first-order valence-electron chi connectivity index (χ1n) is 3.27. The molecule has 5 heteroatoms. The Labute approximate surface area is 64.8 Å². The van der Waals surface area contributed by atoms with Crippen LogP contribution in [0.25, 0.3) is 0 Å². The van der Waals surface area contributed by atoms with Gasteiger partial charge in [0.05, 0.1) is 12.9 Å². The summed E-state index contributed by atoms with van der Waals surface area (Å²) in [5.41, 5.74) is 0. The van der Waals surface area contributed by atoms with Crippen molar-refractivity contribution in [2.24, 2.45) is 4.99 Å². The lowest BCUT2D eigenvalue weighted by atomic mass is 10.4. The number of carbonyl (C=O) groups is 1. The highest BCUT2D eigenvalue weighted by Crippen LogP contribution is 1.73. The fourth-order valence-corrected chi connectivity index (χ4v) is 0.323. The third kappa shape index (κ3) is 6.79. The predicted molar refractivity (Wildman–Crippen MR) is 40.7 cm³/mol. The molecule has 1 atom stereocenters. The molecule has 1 aliphatic rings. The summed E-state index contributed by atoms with van der Waals surface area (Å²) in [5, 5.41) is 18.7. The van der Waals surface area contributed by atoms with Crippen LogP contribution in [0.5, 0.6) is 0 Å². The Bertz CT molecular complexity index is 139. The molecule has 1 heterocycles. The number of nitrogens with one attached hydrogen (secondary N) is 1. The molecule has 0 saturated carbocycles. The molecule has 1 unspecified atom stereocenters. The molecular formula is C6H12N2O3. The molecule has 0 amide bonds. The van der Waals surface area contributed by atoms with E-state index < -0.39 is 12.1 Å². The van der Waals surface area contributed by atoms with Crippen molar-refractivity contribution in [2.75, 3.05) is 13.1 Å². The molecule has 11 heavy (non-hydrogen) atoms. The Morgan fingerprint density at radius 2 is 2.36 bits per heavy atom. The molecule has 0 saturated heterocycles. The van der Waals surface area contributed by atoms with E-state index in [-0.39, 0.29) is 0 Å². The predicted octanol–water partition coefficient (Wildman–Crippen LogP) is -0.930. The average Bonchev–Trinajstić information content (AvgIpc) is 2.41. The number of carboxylic acids is 1. The first-order valence-corrected chi connectivity index (χ1v) is 3.27. The Morgan fingerprint density at radius 1 is 1.82 bits per heavy atom. The maximum atomic E-state index is 9.45. The zero-order valence-corrected chi connectivity index (χ0v) is 6.32. The van der Waals surface area contributed by atoms with E-state index >= 15 is 0 Å². The highest BCUT2D eigenvalue weighted by Gasteiger charge is 2.01. The minimum Gasteiger partial charge on any atom is -0.479 e. The molecular weight excluding hydrogens is 148 g/mol. The number of aliphatic carboxylic acids is 1. The SMILES string of the molecule is C1=NCCN1.CC(O)C(=O)O. The molecule has 0 aromatic heterocycles. The zero-order valence-electron chi connectivity index (χ0n) is 6.32. The lowest BCUT2D eigenvalue weighted by molar-refractivity contribution is -0.145. The second-order valence-electron chi connectivity index (χ2n) is 2.00. The number of carboxylic acid groups (broad SMARTS) is 1. The molecule has 3 N–H and O–H groups in total. The summed E-state index contributed by atoms with van der Waals surface area (Å²) in [6, 6.07) is 0. The molecule has 0 aliphatic carbocycles. The Hall–Kier alpha value is -1.10. The van der Waals surface area contributed by atoms with Crippen LogP contribution in [0.3, 0.4) is 0 Å². The number of aliphatic imine (C=N–C) groups is 1. The maximum absolute atomic E-state index is 9.45. The normalized spacial score (nSPS) is 16.2. The van der Waals surface area contributed by atoms with Crippen molar-refractivity contribution >= 4 is 12.3 Å². The average molecular weight is 160 g/mol. The third-order valence-corrected chi connectivity index (χ3v) is 0.925. The van der Waals surface area contributed by atoms with Gasteiger partial charge in [-0.2, -0.15) is 0 Å². The van der Waals surface area contributed by atoms with Gasteiger partial charge in [-0.1, -0.05) is 0 Å². The first-order chi connectivity index (χ1) is 5.14. The first kappa shape index (κ1) is 9.90. The lowest BCUT2D eigenvalue weighted by Crippen LogP contribution is -2.13. The zero-order chi connectivity index (χ0) is 8.69. The van der Waals surface area contributed by atoms with Crippen LogP contribution in [-0.2, 0) is 4.79 Å². The lowest BCUT2D eigenvalue weighted by Gasteiger charge is -1.89. The molecule has 0 fully saturated rings. The molecule has 0 bridgehead atoms. The van der Waals surface area contributed by atoms with Gasteiger partial charge in [0, 0.05) is 6.54 Å². The molecule has 0 aromatic carbocycles. The van der Waals surface area contributed by atoms with Gasteiger partial charge in [-0.3, -0.25) is 4.99 Å². The van der Waals surface area contributed by atoms with Gasteiger partial charge >= 0.3 is 5.97 Å². The third-order valence-electron chi connectivity index (χ3n) is 0.925. The van der Waals surface area contributed by atoms with Crippen molar-refractivity contribution in [1.29, 1.82) is 0 Å². The minimum absolute atomic E-state index is 0.958. The second kappa shape index (κ2) is 5.67. The molecule has 0 spiro atoms. The van der Waals surface area contributed by atoms with Crippen molar-refractivity contribution in [1.82, 2.24) is 5.32 Å². The van der Waals surface area contributed by atoms with Crippen LogP contribution in [0.4, 0.5) is 0 Å². The van der Waals surface area contributed by atoms with Gasteiger partial charge < -0.3 is 15.5 Å². The summed E-state index contributed by atoms with van der Waals surface area (Å²) in [5.74, 6) is -1.19. The topological polar surface area (TPSA) is 81.9 Å². The Morgan fingerprint density at radius 3 is 2.45 bits per heavy atom. The Kier molecular flexibility index (Phi) is 5.10. The number of hydrogen-bond acceptors (Lipinski definition) is 4. The Balaban J connectivity index is 0.000000183. The van der Waals surface area contributed by atoms with E-state index in [4.69, 9.17) is 10.2 Å². The minimum atomic E-state index is -1.23. The van der Waals surface area contributed by atoms with Crippen LogP contribution < -0.4 is 5.32 Å². The highest BCUT2D eigenvalue weighted by atomic mass is 16.4. The quantitative estimate of drug-likeness (QED) is 0.463. The summed E-state index contributed by atoms with van der Waals surface area (Å²) in [7, 11) is 0. The highest BCUT2D eigenvalue weighted by molar-refractivity contribution is 5.71. The summed E-state index contributed by atoms with van der Waals surface area (Å²) in [4.78, 5) is 13.3. The maximum Gasteiger partial charge on any atom is 0.332 e. The van der Waals surface area contributed by atoms with Crippen molar-refractivity contribution in [3.05, 3.63) is 0 Å². The molecule has 1 rings (SSSR count). The van der Waals surface area contributed by atoms with Crippen molar-refractivity contribution in [2.45, 2.75) is 13.0 Å². The van der Waals surface area contributed by atoms with Gasteiger partial charge in [0.25, 0.3) is 0 Å². The fraction of sp³-hybridized carbons (Fsp3) is 0.667. The summed E-state index contributed by atoms with van der Waals surface area (Å²) in [6.07, 6.45) is 0.505. The van der Waals surface area contributed by atoms with Gasteiger partial charge in [-0.05, 0) is 6.92 Å². The number of aliphatic hydroxyl groups excluding tert-OH is 1. The van der Waals surface area contributed by atoms with Crippen molar-refractivity contribution in [3.63, 3.8) is 0 Å². The van der Waals surface area contributed by atoms with E-state index in [1.165, 1.54) is 6.92 Å². The molecule has 0 aromatic rings. The van der Waals surface area contributed by atoms with E-state index in [1.54, 1.807) is 6.34 Å². The van der Waals surface area contributed by atoms with Crippen molar-refractivity contribution < 1.29 is 15.0 Å². The van der Waals surface area contributed by atoms with Crippen LogP contribution >= 0.6 is 0 Å². The fourth-order valence-electron chi connectivity index (χ4n) is 0.323. The molecule has 64 valence electrons. The summed E-state index contributed by atoms with van der Waals surface area (Å²) in [6.45, 7) is 3.18. The summed E-state index contributed by atoms with van der Waals surface area (Å²) < 4.78 is 0. The monoisotopic (exact) mass is 160 g/mol. The number of rotatable bonds is 1. The van der Waals surface area contributed by atoms with E-state index in [1.807, 2.05) is 0 Å².